The second kappa shape index (κ2) is 4.82. The molecule has 0 spiro atoms. The summed E-state index contributed by atoms with van der Waals surface area (Å²) in [5.41, 5.74) is 2.96. The number of hydrogen-bond acceptors (Lipinski definition) is 4. The van der Waals surface area contributed by atoms with E-state index in [0.717, 1.165) is 27.4 Å². The lowest BCUT2D eigenvalue weighted by atomic mass is 10.1. The lowest BCUT2D eigenvalue weighted by molar-refractivity contribution is -0.0278. The highest BCUT2D eigenvalue weighted by atomic mass is 79.9. The quantitative estimate of drug-likeness (QED) is 0.798. The van der Waals surface area contributed by atoms with Crippen LogP contribution in [0.15, 0.2) is 52.3 Å². The summed E-state index contributed by atoms with van der Waals surface area (Å²) in [6.07, 6.45) is 3.51. The van der Waals surface area contributed by atoms with E-state index in [1.807, 2.05) is 36.3 Å². The van der Waals surface area contributed by atoms with E-state index in [1.54, 1.807) is 6.20 Å². The van der Waals surface area contributed by atoms with Crippen LogP contribution in [0.2, 0.25) is 0 Å². The van der Waals surface area contributed by atoms with E-state index in [9.17, 15) is 0 Å². The molecule has 2 aliphatic heterocycles. The Hall–Kier alpha value is -1.92. The highest BCUT2D eigenvalue weighted by molar-refractivity contribution is 9.10. The number of likely N-dealkylation sites (N-methyl/N-ethyl adjacent to an activating group) is 1. The minimum atomic E-state index is -0.166. The molecule has 21 heavy (non-hydrogen) atoms. The van der Waals surface area contributed by atoms with E-state index in [0.29, 0.717) is 6.73 Å². The number of fused-ring (bicyclic) bond motifs is 3. The van der Waals surface area contributed by atoms with Gasteiger partial charge in [-0.15, -0.1) is 0 Å². The number of rotatable bonds is 1. The predicted octanol–water partition coefficient (Wildman–Crippen LogP) is 2.83. The Morgan fingerprint density at radius 2 is 2.10 bits per heavy atom. The summed E-state index contributed by atoms with van der Waals surface area (Å²) in [7, 11) is 1.97. The Morgan fingerprint density at radius 3 is 2.90 bits per heavy atom. The van der Waals surface area contributed by atoms with E-state index in [-0.39, 0.29) is 6.23 Å². The van der Waals surface area contributed by atoms with Gasteiger partial charge in [0.1, 0.15) is 17.0 Å². The molecule has 0 radical (unpaired) electrons. The summed E-state index contributed by atoms with van der Waals surface area (Å²) in [6.45, 7) is 0.458. The van der Waals surface area contributed by atoms with Crippen LogP contribution in [-0.4, -0.2) is 33.4 Å². The number of aromatic nitrogens is 2. The molecule has 0 amide bonds. The highest BCUT2D eigenvalue weighted by Gasteiger charge is 2.34. The maximum absolute atomic E-state index is 5.94. The summed E-state index contributed by atoms with van der Waals surface area (Å²) >= 11 is 3.57. The molecule has 1 atom stereocenters. The van der Waals surface area contributed by atoms with Crippen molar-refractivity contribution in [1.29, 1.82) is 0 Å². The number of benzene rings is 1. The van der Waals surface area contributed by atoms with E-state index < -0.39 is 0 Å². The first-order valence-corrected chi connectivity index (χ1v) is 7.45. The molecule has 3 heterocycles. The second-order valence-corrected chi connectivity index (χ2v) is 5.75. The Balaban J connectivity index is 1.89. The minimum absolute atomic E-state index is 0.166. The number of halogens is 1. The van der Waals surface area contributed by atoms with Crippen molar-refractivity contribution in [3.63, 3.8) is 0 Å². The lowest BCUT2D eigenvalue weighted by Gasteiger charge is -2.33. The first kappa shape index (κ1) is 12.8. The molecular weight excluding hydrogens is 332 g/mol. The second-order valence-electron chi connectivity index (χ2n) is 4.99. The maximum atomic E-state index is 5.94. The van der Waals surface area contributed by atoms with Crippen LogP contribution in [0.4, 0.5) is 0 Å². The number of aliphatic imine (C=N–C) groups is 1. The zero-order valence-corrected chi connectivity index (χ0v) is 13.0. The third kappa shape index (κ3) is 1.94. The van der Waals surface area contributed by atoms with Crippen LogP contribution in [0.3, 0.4) is 0 Å². The average Bonchev–Trinajstić information content (AvgIpc) is 2.85. The van der Waals surface area contributed by atoms with Crippen molar-refractivity contribution < 1.29 is 4.74 Å². The van der Waals surface area contributed by atoms with Gasteiger partial charge in [-0.2, -0.15) is 0 Å². The largest absolute Gasteiger partial charge is 0.349 e. The highest BCUT2D eigenvalue weighted by Crippen LogP contribution is 2.33. The third-order valence-corrected chi connectivity index (χ3v) is 4.24. The summed E-state index contributed by atoms with van der Waals surface area (Å²) < 4.78 is 8.81. The van der Waals surface area contributed by atoms with E-state index >= 15 is 0 Å². The molecule has 1 unspecified atom stereocenters. The lowest BCUT2D eigenvalue weighted by Crippen LogP contribution is -2.44. The Labute approximate surface area is 130 Å². The molecule has 0 saturated heterocycles. The van der Waals surface area contributed by atoms with Gasteiger partial charge in [0, 0.05) is 25.0 Å². The van der Waals surface area contributed by atoms with Crippen LogP contribution < -0.4 is 0 Å². The SMILES string of the molecule is CN1C=CN=C2c3nc(Br)c(-c4ccccc4)n3COC21. The molecule has 0 saturated carbocycles. The van der Waals surface area contributed by atoms with Crippen molar-refractivity contribution in [2.45, 2.75) is 13.0 Å². The third-order valence-electron chi connectivity index (χ3n) is 3.68. The monoisotopic (exact) mass is 344 g/mol. The van der Waals surface area contributed by atoms with Crippen molar-refractivity contribution in [1.82, 2.24) is 14.5 Å². The van der Waals surface area contributed by atoms with E-state index in [4.69, 9.17) is 4.74 Å². The molecule has 0 aliphatic carbocycles. The van der Waals surface area contributed by atoms with Crippen LogP contribution in [0.25, 0.3) is 11.3 Å². The number of nitrogens with zero attached hydrogens (tertiary/aromatic N) is 4. The van der Waals surface area contributed by atoms with Crippen LogP contribution in [-0.2, 0) is 11.5 Å². The van der Waals surface area contributed by atoms with Crippen LogP contribution in [0.5, 0.6) is 0 Å². The molecule has 6 heteroatoms. The van der Waals surface area contributed by atoms with Crippen molar-refractivity contribution in [3.8, 4) is 11.3 Å². The van der Waals surface area contributed by atoms with Gasteiger partial charge >= 0.3 is 0 Å². The first-order valence-electron chi connectivity index (χ1n) is 6.65. The molecule has 0 N–H and O–H groups in total. The standard InChI is InChI=1S/C15H13BrN4O/c1-19-8-7-17-11-14-18-13(16)12(10-5-3-2-4-6-10)20(14)9-21-15(11)19/h2-8,15H,9H2,1H3. The van der Waals surface area contributed by atoms with Crippen molar-refractivity contribution in [3.05, 3.63) is 53.2 Å². The Morgan fingerprint density at radius 1 is 1.29 bits per heavy atom. The molecule has 4 rings (SSSR count). The number of ether oxygens (including phenoxy) is 1. The molecule has 1 aromatic heterocycles. The summed E-state index contributed by atoms with van der Waals surface area (Å²) in [5, 5.41) is 0. The maximum Gasteiger partial charge on any atom is 0.178 e. The van der Waals surface area contributed by atoms with Gasteiger partial charge in [0.2, 0.25) is 0 Å². The van der Waals surface area contributed by atoms with Crippen LogP contribution in [0, 0.1) is 0 Å². The zero-order valence-electron chi connectivity index (χ0n) is 11.4. The summed E-state index contributed by atoms with van der Waals surface area (Å²) in [4.78, 5) is 11.1. The van der Waals surface area contributed by atoms with Crippen molar-refractivity contribution >= 4 is 21.6 Å². The van der Waals surface area contributed by atoms with E-state index in [2.05, 4.69) is 42.6 Å². The predicted molar refractivity (Wildman–Crippen MR) is 83.7 cm³/mol. The van der Waals surface area contributed by atoms with Crippen molar-refractivity contribution in [2.75, 3.05) is 7.05 Å². The molecule has 2 aromatic rings. The van der Waals surface area contributed by atoms with Gasteiger partial charge in [0.05, 0.1) is 5.69 Å². The molecule has 2 aliphatic rings. The Bertz CT molecular complexity index is 751. The van der Waals surface area contributed by atoms with Gasteiger partial charge in [0.25, 0.3) is 0 Å². The van der Waals surface area contributed by atoms with Gasteiger partial charge < -0.3 is 9.64 Å². The van der Waals surface area contributed by atoms with Crippen LogP contribution >= 0.6 is 15.9 Å². The molecule has 5 nitrogen and oxygen atoms in total. The minimum Gasteiger partial charge on any atom is -0.349 e. The smallest absolute Gasteiger partial charge is 0.178 e. The summed E-state index contributed by atoms with van der Waals surface area (Å²) in [5.74, 6) is 0.855. The topological polar surface area (TPSA) is 42.7 Å². The molecule has 0 fully saturated rings. The number of hydrogen-bond donors (Lipinski definition) is 0. The fourth-order valence-corrected chi connectivity index (χ4v) is 3.29. The molecule has 106 valence electrons. The first-order chi connectivity index (χ1) is 10.3. The fourth-order valence-electron chi connectivity index (χ4n) is 2.68. The van der Waals surface area contributed by atoms with Gasteiger partial charge in [-0.05, 0) is 15.9 Å². The average molecular weight is 345 g/mol. The van der Waals surface area contributed by atoms with Gasteiger partial charge in [0.15, 0.2) is 12.1 Å². The van der Waals surface area contributed by atoms with Crippen molar-refractivity contribution in [2.24, 2.45) is 4.99 Å². The number of imidazole rings is 1. The summed E-state index contributed by atoms with van der Waals surface area (Å²) in [6, 6.07) is 10.2. The van der Waals surface area contributed by atoms with Gasteiger partial charge in [-0.25, -0.2) is 4.98 Å². The molecule has 1 aromatic carbocycles. The fraction of sp³-hybridized carbons (Fsp3) is 0.200. The normalized spacial score (nSPS) is 20.0. The van der Waals surface area contributed by atoms with Crippen LogP contribution in [0.1, 0.15) is 5.82 Å². The molecular formula is C15H13BrN4O. The zero-order chi connectivity index (χ0) is 14.4. The van der Waals surface area contributed by atoms with Gasteiger partial charge in [-0.1, -0.05) is 30.3 Å². The van der Waals surface area contributed by atoms with Gasteiger partial charge in [-0.3, -0.25) is 9.56 Å². The molecule has 0 bridgehead atoms. The van der Waals surface area contributed by atoms with E-state index in [1.165, 1.54) is 0 Å². The Kier molecular flexibility index (Phi) is 2.94.